The molecule has 2 aromatic carbocycles. The fraction of sp³-hybridized carbons (Fsp3) is 0.200. The molecule has 0 spiro atoms. The maximum Gasteiger partial charge on any atom is 0.264 e. The Morgan fingerprint density at radius 3 is 2.43 bits per heavy atom. The van der Waals surface area contributed by atoms with Gasteiger partial charge in [0.1, 0.15) is 10.7 Å². The Morgan fingerprint density at radius 2 is 1.76 bits per heavy atom. The molecule has 0 aliphatic carbocycles. The lowest BCUT2D eigenvalue weighted by Gasteiger charge is -2.15. The van der Waals surface area contributed by atoms with Gasteiger partial charge in [0.25, 0.3) is 10.0 Å². The number of hydrogen-bond acceptors (Lipinski definition) is 3. The van der Waals surface area contributed by atoms with Crippen LogP contribution in [0.2, 0.25) is 0 Å². The third-order valence-electron chi connectivity index (χ3n) is 3.13. The summed E-state index contributed by atoms with van der Waals surface area (Å²) < 4.78 is 40.7. The number of benzene rings is 2. The number of hydrogen-bond donors (Lipinski definition) is 2. The lowest BCUT2D eigenvalue weighted by atomic mass is 10.0. The fourth-order valence-corrected chi connectivity index (χ4v) is 3.27. The summed E-state index contributed by atoms with van der Waals surface area (Å²) in [5, 5.41) is 0. The molecule has 0 fully saturated rings. The Balaban J connectivity index is 2.46. The number of nitrogens with one attached hydrogen (secondary N) is 1. The van der Waals surface area contributed by atoms with Crippen molar-refractivity contribution in [3.05, 3.63) is 53.8 Å². The zero-order valence-corrected chi connectivity index (χ0v) is 12.6. The molecule has 0 aliphatic heterocycles. The number of anilines is 2. The van der Waals surface area contributed by atoms with E-state index in [0.717, 1.165) is 11.6 Å². The van der Waals surface area contributed by atoms with E-state index >= 15 is 0 Å². The summed E-state index contributed by atoms with van der Waals surface area (Å²) in [7, 11) is -3.94. The second kappa shape index (κ2) is 5.73. The molecule has 0 radical (unpaired) electrons. The maximum absolute atomic E-state index is 13.4. The highest BCUT2D eigenvalue weighted by atomic mass is 32.2. The molecule has 0 aliphatic rings. The van der Waals surface area contributed by atoms with Crippen LogP contribution in [0, 0.1) is 5.82 Å². The first-order valence-corrected chi connectivity index (χ1v) is 7.97. The molecule has 112 valence electrons. The highest BCUT2D eigenvalue weighted by Crippen LogP contribution is 2.28. The zero-order valence-electron chi connectivity index (χ0n) is 11.8. The van der Waals surface area contributed by atoms with Gasteiger partial charge < -0.3 is 5.73 Å². The van der Waals surface area contributed by atoms with Crippen LogP contribution in [-0.2, 0) is 10.0 Å². The van der Waals surface area contributed by atoms with Crippen molar-refractivity contribution in [1.29, 1.82) is 0 Å². The van der Waals surface area contributed by atoms with Gasteiger partial charge in [0, 0.05) is 0 Å². The normalized spacial score (nSPS) is 11.6. The summed E-state index contributed by atoms with van der Waals surface area (Å²) >= 11 is 0. The third kappa shape index (κ3) is 3.16. The van der Waals surface area contributed by atoms with Gasteiger partial charge >= 0.3 is 0 Å². The minimum absolute atomic E-state index is 0.147. The van der Waals surface area contributed by atoms with E-state index in [1.807, 2.05) is 26.0 Å². The Hall–Kier alpha value is -2.08. The molecule has 3 N–H and O–H groups in total. The van der Waals surface area contributed by atoms with Gasteiger partial charge in [0.15, 0.2) is 0 Å². The van der Waals surface area contributed by atoms with Crippen LogP contribution in [0.25, 0.3) is 0 Å². The maximum atomic E-state index is 13.4. The second-order valence-electron chi connectivity index (χ2n) is 5.00. The SMILES string of the molecule is CC(C)c1ccccc1NS(=O)(=O)c1cccc(F)c1N. The Labute approximate surface area is 123 Å². The number of rotatable bonds is 4. The van der Waals surface area contributed by atoms with Gasteiger partial charge in [0.05, 0.1) is 11.4 Å². The number of para-hydroxylation sites is 2. The van der Waals surface area contributed by atoms with Crippen molar-refractivity contribution in [2.24, 2.45) is 0 Å². The average Bonchev–Trinajstić information content (AvgIpc) is 2.41. The second-order valence-corrected chi connectivity index (χ2v) is 6.65. The first kappa shape index (κ1) is 15.3. The van der Waals surface area contributed by atoms with Crippen LogP contribution in [0.4, 0.5) is 15.8 Å². The van der Waals surface area contributed by atoms with E-state index in [9.17, 15) is 12.8 Å². The summed E-state index contributed by atoms with van der Waals surface area (Å²) in [5.41, 5.74) is 6.47. The van der Waals surface area contributed by atoms with Crippen LogP contribution in [0.5, 0.6) is 0 Å². The summed E-state index contributed by atoms with van der Waals surface area (Å²) in [6.45, 7) is 3.92. The minimum atomic E-state index is -3.94. The molecule has 0 unspecified atom stereocenters. The molecule has 0 heterocycles. The van der Waals surface area contributed by atoms with E-state index in [4.69, 9.17) is 5.73 Å². The van der Waals surface area contributed by atoms with Crippen LogP contribution < -0.4 is 10.5 Å². The summed E-state index contributed by atoms with van der Waals surface area (Å²) in [6.07, 6.45) is 0. The zero-order chi connectivity index (χ0) is 15.6. The van der Waals surface area contributed by atoms with Gasteiger partial charge in [-0.2, -0.15) is 0 Å². The Morgan fingerprint density at radius 1 is 1.10 bits per heavy atom. The van der Waals surface area contributed by atoms with E-state index in [1.165, 1.54) is 12.1 Å². The molecule has 0 bridgehead atoms. The van der Waals surface area contributed by atoms with Crippen LogP contribution in [0.3, 0.4) is 0 Å². The molecule has 6 heteroatoms. The summed E-state index contributed by atoms with van der Waals surface area (Å²) in [5.74, 6) is -0.608. The highest BCUT2D eigenvalue weighted by Gasteiger charge is 2.21. The smallest absolute Gasteiger partial charge is 0.264 e. The molecule has 0 saturated carbocycles. The molecule has 0 atom stereocenters. The van der Waals surface area contributed by atoms with E-state index in [-0.39, 0.29) is 16.5 Å². The standard InChI is InChI=1S/C15H17FN2O2S/c1-10(2)11-6-3-4-8-13(11)18-21(19,20)14-9-5-7-12(16)15(14)17/h3-10,18H,17H2,1-2H3. The summed E-state index contributed by atoms with van der Waals surface area (Å²) in [6, 6.07) is 10.8. The molecule has 21 heavy (non-hydrogen) atoms. The average molecular weight is 308 g/mol. The Kier molecular flexibility index (Phi) is 4.18. The minimum Gasteiger partial charge on any atom is -0.395 e. The molecule has 0 aromatic heterocycles. The molecule has 4 nitrogen and oxygen atoms in total. The predicted octanol–water partition coefficient (Wildman–Crippen LogP) is 3.33. The van der Waals surface area contributed by atoms with E-state index in [0.29, 0.717) is 5.69 Å². The molecule has 2 aromatic rings. The van der Waals surface area contributed by atoms with Crippen molar-refractivity contribution in [1.82, 2.24) is 0 Å². The van der Waals surface area contributed by atoms with Crippen molar-refractivity contribution in [3.63, 3.8) is 0 Å². The van der Waals surface area contributed by atoms with E-state index < -0.39 is 15.8 Å². The lowest BCUT2D eigenvalue weighted by Crippen LogP contribution is -2.16. The molecule has 2 rings (SSSR count). The van der Waals surface area contributed by atoms with Gasteiger partial charge in [-0.3, -0.25) is 4.72 Å². The summed E-state index contributed by atoms with van der Waals surface area (Å²) in [4.78, 5) is -0.263. The molecular weight excluding hydrogens is 291 g/mol. The fourth-order valence-electron chi connectivity index (χ4n) is 2.04. The van der Waals surface area contributed by atoms with Crippen molar-refractivity contribution in [3.8, 4) is 0 Å². The number of nitrogen functional groups attached to an aromatic ring is 1. The first-order chi connectivity index (χ1) is 9.83. The van der Waals surface area contributed by atoms with Crippen LogP contribution >= 0.6 is 0 Å². The third-order valence-corrected chi connectivity index (χ3v) is 4.55. The van der Waals surface area contributed by atoms with E-state index in [1.54, 1.807) is 12.1 Å². The predicted molar refractivity (Wildman–Crippen MR) is 82.2 cm³/mol. The number of halogens is 1. The topological polar surface area (TPSA) is 72.2 Å². The number of nitrogens with two attached hydrogens (primary N) is 1. The van der Waals surface area contributed by atoms with Crippen molar-refractivity contribution in [2.45, 2.75) is 24.7 Å². The van der Waals surface area contributed by atoms with Gasteiger partial charge in [-0.05, 0) is 29.7 Å². The molecular formula is C15H17FN2O2S. The van der Waals surface area contributed by atoms with Crippen molar-refractivity contribution < 1.29 is 12.8 Å². The van der Waals surface area contributed by atoms with Crippen molar-refractivity contribution >= 4 is 21.4 Å². The number of sulfonamides is 1. The lowest BCUT2D eigenvalue weighted by molar-refractivity contribution is 0.597. The van der Waals surface area contributed by atoms with Gasteiger partial charge in [0.2, 0.25) is 0 Å². The monoisotopic (exact) mass is 308 g/mol. The van der Waals surface area contributed by atoms with Crippen LogP contribution in [0.1, 0.15) is 25.3 Å². The van der Waals surface area contributed by atoms with Crippen molar-refractivity contribution in [2.75, 3.05) is 10.5 Å². The quantitative estimate of drug-likeness (QED) is 0.851. The van der Waals surface area contributed by atoms with Crippen LogP contribution in [-0.4, -0.2) is 8.42 Å². The van der Waals surface area contributed by atoms with Gasteiger partial charge in [-0.25, -0.2) is 12.8 Å². The highest BCUT2D eigenvalue weighted by molar-refractivity contribution is 7.92. The van der Waals surface area contributed by atoms with Gasteiger partial charge in [-0.1, -0.05) is 38.1 Å². The Bertz CT molecular complexity index is 758. The van der Waals surface area contributed by atoms with Gasteiger partial charge in [-0.15, -0.1) is 0 Å². The van der Waals surface area contributed by atoms with E-state index in [2.05, 4.69) is 4.72 Å². The molecule has 0 saturated heterocycles. The van der Waals surface area contributed by atoms with Crippen LogP contribution in [0.15, 0.2) is 47.4 Å². The molecule has 0 amide bonds. The largest absolute Gasteiger partial charge is 0.395 e. The first-order valence-electron chi connectivity index (χ1n) is 6.48.